The van der Waals surface area contributed by atoms with Crippen molar-refractivity contribution in [1.29, 1.82) is 0 Å². The van der Waals surface area contributed by atoms with Crippen molar-refractivity contribution in [1.82, 2.24) is 15.1 Å². The number of halogens is 2. The second kappa shape index (κ2) is 13.2. The second-order valence-electron chi connectivity index (χ2n) is 8.04. The number of morpholine rings is 1. The number of nitrogens with two attached hydrogens (primary N) is 1. The quantitative estimate of drug-likeness (QED) is 0.311. The van der Waals surface area contributed by atoms with Crippen LogP contribution >= 0.6 is 24.0 Å². The van der Waals surface area contributed by atoms with Gasteiger partial charge in [-0.3, -0.25) is 14.7 Å². The molecule has 2 unspecified atom stereocenters. The molecule has 0 aliphatic carbocycles. The Labute approximate surface area is 201 Å². The smallest absolute Gasteiger partial charge is 0.217 e. The average Bonchev–Trinajstić information content (AvgIpc) is 2.75. The normalized spacial score (nSPS) is 21.3. The summed E-state index contributed by atoms with van der Waals surface area (Å²) in [6, 6.07) is 6.78. The van der Waals surface area contributed by atoms with Gasteiger partial charge in [0.1, 0.15) is 5.82 Å². The van der Waals surface area contributed by atoms with Crippen molar-refractivity contribution in [3.63, 3.8) is 0 Å². The molecule has 3 rings (SSSR count). The number of piperidine rings is 1. The van der Waals surface area contributed by atoms with Gasteiger partial charge in [0, 0.05) is 39.1 Å². The first kappa shape index (κ1) is 25.8. The van der Waals surface area contributed by atoms with Gasteiger partial charge in [-0.1, -0.05) is 12.1 Å². The first-order valence-corrected chi connectivity index (χ1v) is 11.0. The third-order valence-electron chi connectivity index (χ3n) is 5.80. The first-order chi connectivity index (χ1) is 14.6. The summed E-state index contributed by atoms with van der Waals surface area (Å²) in [5.74, 6) is 0.664. The lowest BCUT2D eigenvalue weighted by atomic mass is 9.95. The SMILES string of the molecule is CCNC(=NCC(c1ccc(F)cc1)N1CCOCC1)N1CCCC(CC(N)=O)C1.I. The van der Waals surface area contributed by atoms with Gasteiger partial charge in [0.05, 0.1) is 25.8 Å². The highest BCUT2D eigenvalue weighted by molar-refractivity contribution is 14.0. The molecule has 0 radical (unpaired) electrons. The monoisotopic (exact) mass is 547 g/mol. The number of guanidine groups is 1. The molecule has 0 spiro atoms. The fourth-order valence-electron chi connectivity index (χ4n) is 4.31. The van der Waals surface area contributed by atoms with Crippen molar-refractivity contribution in [2.24, 2.45) is 16.6 Å². The lowest BCUT2D eigenvalue weighted by Gasteiger charge is -2.36. The van der Waals surface area contributed by atoms with Crippen LogP contribution < -0.4 is 11.1 Å². The Kier molecular flexibility index (Phi) is 11.0. The molecular weight excluding hydrogens is 512 g/mol. The van der Waals surface area contributed by atoms with Crippen LogP contribution in [0.1, 0.15) is 37.8 Å². The fraction of sp³-hybridized carbons (Fsp3) is 0.636. The number of carbonyl (C=O) groups is 1. The van der Waals surface area contributed by atoms with Gasteiger partial charge in [-0.2, -0.15) is 0 Å². The van der Waals surface area contributed by atoms with Gasteiger partial charge in [-0.25, -0.2) is 4.39 Å². The third-order valence-corrected chi connectivity index (χ3v) is 5.80. The number of rotatable bonds is 7. The molecule has 2 aliphatic rings. The molecule has 2 atom stereocenters. The molecule has 0 bridgehead atoms. The van der Waals surface area contributed by atoms with Crippen molar-refractivity contribution in [2.75, 3.05) is 52.5 Å². The summed E-state index contributed by atoms with van der Waals surface area (Å²) in [6.07, 6.45) is 2.46. The van der Waals surface area contributed by atoms with Crippen LogP contribution in [-0.4, -0.2) is 74.1 Å². The van der Waals surface area contributed by atoms with Crippen LogP contribution in [0.25, 0.3) is 0 Å². The number of aliphatic imine (C=N–C) groups is 1. The summed E-state index contributed by atoms with van der Waals surface area (Å²) in [4.78, 5) is 20.9. The molecule has 1 aromatic rings. The zero-order chi connectivity index (χ0) is 21.3. The van der Waals surface area contributed by atoms with Crippen LogP contribution in [-0.2, 0) is 9.53 Å². The van der Waals surface area contributed by atoms with Crippen molar-refractivity contribution in [3.8, 4) is 0 Å². The lowest BCUT2D eigenvalue weighted by molar-refractivity contribution is -0.119. The number of ether oxygens (including phenoxy) is 1. The molecule has 0 aromatic heterocycles. The van der Waals surface area contributed by atoms with Crippen LogP contribution in [0.5, 0.6) is 0 Å². The summed E-state index contributed by atoms with van der Waals surface area (Å²) in [5.41, 5.74) is 6.47. The second-order valence-corrected chi connectivity index (χ2v) is 8.04. The van der Waals surface area contributed by atoms with Crippen molar-refractivity contribution < 1.29 is 13.9 Å². The maximum atomic E-state index is 13.5. The van der Waals surface area contributed by atoms with E-state index >= 15 is 0 Å². The number of likely N-dealkylation sites (tertiary alicyclic amines) is 1. The molecule has 9 heteroatoms. The molecule has 2 aliphatic heterocycles. The van der Waals surface area contributed by atoms with Crippen LogP contribution in [0, 0.1) is 11.7 Å². The summed E-state index contributed by atoms with van der Waals surface area (Å²) in [6.45, 7) is 8.16. The highest BCUT2D eigenvalue weighted by Crippen LogP contribution is 2.24. The van der Waals surface area contributed by atoms with E-state index in [4.69, 9.17) is 15.5 Å². The molecule has 1 amide bonds. The molecule has 1 aromatic carbocycles. The summed E-state index contributed by atoms with van der Waals surface area (Å²) >= 11 is 0. The highest BCUT2D eigenvalue weighted by atomic mass is 127. The highest BCUT2D eigenvalue weighted by Gasteiger charge is 2.26. The maximum Gasteiger partial charge on any atom is 0.217 e. The van der Waals surface area contributed by atoms with Gasteiger partial charge in [0.2, 0.25) is 5.91 Å². The van der Waals surface area contributed by atoms with Gasteiger partial charge in [0.15, 0.2) is 5.96 Å². The average molecular weight is 547 g/mol. The molecular formula is C22H35FIN5O2. The van der Waals surface area contributed by atoms with Gasteiger partial charge < -0.3 is 20.7 Å². The number of amides is 1. The topological polar surface area (TPSA) is 83.2 Å². The molecule has 174 valence electrons. The maximum absolute atomic E-state index is 13.5. The predicted molar refractivity (Wildman–Crippen MR) is 131 cm³/mol. The number of hydrogen-bond acceptors (Lipinski definition) is 4. The van der Waals surface area contributed by atoms with Crippen LogP contribution in [0.15, 0.2) is 29.3 Å². The Hall–Kier alpha value is -1.46. The standard InChI is InChI=1S/C22H34FN5O2.HI/c1-2-25-22(28-9-3-4-17(16-28)14-21(24)29)26-15-20(27-10-12-30-13-11-27)18-5-7-19(23)8-6-18;/h5-8,17,20H,2-4,9-16H2,1H3,(H2,24,29)(H,25,26);1H. The summed E-state index contributed by atoms with van der Waals surface area (Å²) in [5, 5.41) is 3.40. The van der Waals surface area contributed by atoms with Crippen LogP contribution in [0.4, 0.5) is 4.39 Å². The van der Waals surface area contributed by atoms with E-state index < -0.39 is 0 Å². The van der Waals surface area contributed by atoms with Crippen LogP contribution in [0.3, 0.4) is 0 Å². The zero-order valence-corrected chi connectivity index (χ0v) is 20.6. The van der Waals surface area contributed by atoms with E-state index in [0.717, 1.165) is 57.1 Å². The summed E-state index contributed by atoms with van der Waals surface area (Å²) < 4.78 is 19.0. The van der Waals surface area contributed by atoms with E-state index in [1.54, 1.807) is 0 Å². The number of hydrogen-bond donors (Lipinski definition) is 2. The zero-order valence-electron chi connectivity index (χ0n) is 18.3. The number of carbonyl (C=O) groups excluding carboxylic acids is 1. The van der Waals surface area contributed by atoms with E-state index in [-0.39, 0.29) is 47.7 Å². The minimum atomic E-state index is -0.243. The Bertz CT molecular complexity index is 712. The predicted octanol–water partition coefficient (Wildman–Crippen LogP) is 2.37. The first-order valence-electron chi connectivity index (χ1n) is 11.0. The van der Waals surface area contributed by atoms with E-state index in [1.165, 1.54) is 12.1 Å². The van der Waals surface area contributed by atoms with Crippen molar-refractivity contribution in [3.05, 3.63) is 35.6 Å². The molecule has 7 nitrogen and oxygen atoms in total. The summed E-state index contributed by atoms with van der Waals surface area (Å²) in [7, 11) is 0. The molecule has 3 N–H and O–H groups in total. The Morgan fingerprint density at radius 2 is 2.00 bits per heavy atom. The van der Waals surface area contributed by atoms with Gasteiger partial charge in [-0.05, 0) is 43.4 Å². The van der Waals surface area contributed by atoms with Gasteiger partial charge >= 0.3 is 0 Å². The van der Waals surface area contributed by atoms with Crippen molar-refractivity contribution in [2.45, 2.75) is 32.2 Å². The molecule has 2 fully saturated rings. The molecule has 2 heterocycles. The Balaban J connectivity index is 0.00000341. The molecule has 31 heavy (non-hydrogen) atoms. The lowest BCUT2D eigenvalue weighted by Crippen LogP contribution is -2.47. The fourth-order valence-corrected chi connectivity index (χ4v) is 4.31. The van der Waals surface area contributed by atoms with E-state index in [0.29, 0.717) is 26.2 Å². The number of nitrogens with zero attached hydrogens (tertiary/aromatic N) is 3. The van der Waals surface area contributed by atoms with Crippen LogP contribution in [0.2, 0.25) is 0 Å². The minimum Gasteiger partial charge on any atom is -0.379 e. The largest absolute Gasteiger partial charge is 0.379 e. The minimum absolute atomic E-state index is 0. The Morgan fingerprint density at radius 3 is 2.65 bits per heavy atom. The van der Waals surface area contributed by atoms with E-state index in [1.807, 2.05) is 12.1 Å². The van der Waals surface area contributed by atoms with Gasteiger partial charge in [0.25, 0.3) is 0 Å². The number of benzene rings is 1. The van der Waals surface area contributed by atoms with E-state index in [2.05, 4.69) is 22.0 Å². The number of nitrogens with one attached hydrogen (secondary N) is 1. The molecule has 0 saturated carbocycles. The number of primary amides is 1. The Morgan fingerprint density at radius 1 is 1.29 bits per heavy atom. The molecule has 2 saturated heterocycles. The van der Waals surface area contributed by atoms with E-state index in [9.17, 15) is 9.18 Å². The van der Waals surface area contributed by atoms with Crippen molar-refractivity contribution >= 4 is 35.8 Å². The van der Waals surface area contributed by atoms with Gasteiger partial charge in [-0.15, -0.1) is 24.0 Å². The third kappa shape index (κ3) is 7.87.